The van der Waals surface area contributed by atoms with E-state index in [2.05, 4.69) is 9.73 Å². The van der Waals surface area contributed by atoms with E-state index in [9.17, 15) is 32.7 Å². The van der Waals surface area contributed by atoms with Crippen molar-refractivity contribution in [2.75, 3.05) is 25.2 Å². The number of alkyl halides is 3. The van der Waals surface area contributed by atoms with E-state index in [0.717, 1.165) is 52.1 Å². The van der Waals surface area contributed by atoms with Crippen LogP contribution in [0.2, 0.25) is 0 Å². The van der Waals surface area contributed by atoms with Gasteiger partial charge in [-0.05, 0) is 36.4 Å². The van der Waals surface area contributed by atoms with Crippen molar-refractivity contribution >= 4 is 23.7 Å². The van der Waals surface area contributed by atoms with E-state index in [0.29, 0.717) is 0 Å². The highest BCUT2D eigenvalue weighted by molar-refractivity contribution is 6.09. The summed E-state index contributed by atoms with van der Waals surface area (Å²) < 4.78 is 77.3. The van der Waals surface area contributed by atoms with Gasteiger partial charge in [-0.2, -0.15) is 0 Å². The number of rotatable bonds is 9. The van der Waals surface area contributed by atoms with Crippen LogP contribution in [-0.4, -0.2) is 65.5 Å². The highest BCUT2D eigenvalue weighted by Gasteiger charge is 2.44. The molecule has 3 aromatic rings. The number of benzene rings is 2. The maximum absolute atomic E-state index is 15.2. The molecule has 10 nitrogen and oxygen atoms in total. The summed E-state index contributed by atoms with van der Waals surface area (Å²) in [5.74, 6) is -7.37. The van der Waals surface area contributed by atoms with Crippen LogP contribution >= 0.6 is 0 Å². The van der Waals surface area contributed by atoms with Crippen LogP contribution < -0.4 is 19.9 Å². The zero-order chi connectivity index (χ0) is 31.5. The van der Waals surface area contributed by atoms with Crippen LogP contribution in [0.1, 0.15) is 21.8 Å². The first-order chi connectivity index (χ1) is 20.3. The van der Waals surface area contributed by atoms with Crippen LogP contribution in [0.5, 0.6) is 11.5 Å². The molecule has 1 aliphatic rings. The summed E-state index contributed by atoms with van der Waals surface area (Å²) >= 11 is 0. The fraction of sp³-hybridized carbons (Fsp3) is 0.286. The van der Waals surface area contributed by atoms with Gasteiger partial charge in [0.05, 0.1) is 32.3 Å². The van der Waals surface area contributed by atoms with E-state index in [4.69, 9.17) is 9.84 Å². The minimum absolute atomic E-state index is 0.133. The molecule has 1 fully saturated rings. The van der Waals surface area contributed by atoms with Gasteiger partial charge in [0.2, 0.25) is 5.91 Å². The molecule has 1 aromatic heterocycles. The number of pyridine rings is 1. The standard InChI is InChI=1S/C28H24F5N3O7/c1-42-18-9-21(29)24(22(30)10-18)20-13-36(23-3-2-8-35(27(23)41)12-16(38)14-37)26(40)19(20)11-34-25(39)15-4-6-17(7-5-15)43-28(31,32)33/h2-11,16,19-20,37-38H,12-14H2,1H3/t16?,19?,20-/m1/s1. The normalized spacial score (nSPS) is 17.9. The number of hydrogen-bond donors (Lipinski definition) is 2. The van der Waals surface area contributed by atoms with Gasteiger partial charge >= 0.3 is 6.36 Å². The fourth-order valence-electron chi connectivity index (χ4n) is 4.62. The second-order valence-corrected chi connectivity index (χ2v) is 9.43. The second kappa shape index (κ2) is 12.7. The molecule has 4 rings (SSSR count). The lowest BCUT2D eigenvalue weighted by atomic mass is 9.88. The Bertz CT molecular complexity index is 1570. The molecule has 0 saturated carbocycles. The highest BCUT2D eigenvalue weighted by atomic mass is 19.4. The number of anilines is 1. The molecule has 2 amide bonds. The van der Waals surface area contributed by atoms with Gasteiger partial charge in [0, 0.05) is 48.1 Å². The van der Waals surface area contributed by atoms with Gasteiger partial charge in [0.15, 0.2) is 0 Å². The van der Waals surface area contributed by atoms with Crippen LogP contribution in [0.25, 0.3) is 0 Å². The predicted octanol–water partition coefficient (Wildman–Crippen LogP) is 3.04. The average Bonchev–Trinajstić information content (AvgIpc) is 3.26. The topological polar surface area (TPSA) is 131 Å². The molecule has 2 heterocycles. The Balaban J connectivity index is 1.70. The third kappa shape index (κ3) is 7.06. The smallest absolute Gasteiger partial charge is 0.497 e. The molecule has 228 valence electrons. The maximum Gasteiger partial charge on any atom is 0.573 e. The molecule has 0 spiro atoms. The lowest BCUT2D eigenvalue weighted by Crippen LogP contribution is -2.36. The van der Waals surface area contributed by atoms with Crippen LogP contribution in [0, 0.1) is 17.6 Å². The SMILES string of the molecule is COc1cc(F)c([C@@H]2CN(c3cccn(CC(O)CO)c3=O)C(=O)C2C=NC(=O)c2ccc(OC(F)(F)F)cc2)c(F)c1. The molecule has 2 N–H and O–H groups in total. The minimum Gasteiger partial charge on any atom is -0.497 e. The summed E-state index contributed by atoms with van der Waals surface area (Å²) in [7, 11) is 1.20. The summed E-state index contributed by atoms with van der Waals surface area (Å²) in [6.07, 6.45) is -4.04. The zero-order valence-corrected chi connectivity index (χ0v) is 22.3. The number of carbonyl (C=O) groups excluding carboxylic acids is 2. The zero-order valence-electron chi connectivity index (χ0n) is 22.3. The van der Waals surface area contributed by atoms with Crippen LogP contribution in [-0.2, 0) is 11.3 Å². The lowest BCUT2D eigenvalue weighted by Gasteiger charge is -2.19. The first-order valence-corrected chi connectivity index (χ1v) is 12.6. The van der Waals surface area contributed by atoms with Gasteiger partial charge in [0.1, 0.15) is 28.8 Å². The van der Waals surface area contributed by atoms with Crippen LogP contribution in [0.4, 0.5) is 27.6 Å². The van der Waals surface area contributed by atoms with Crippen molar-refractivity contribution in [1.82, 2.24) is 4.57 Å². The number of aliphatic hydroxyl groups is 2. The molecule has 2 unspecified atom stereocenters. The summed E-state index contributed by atoms with van der Waals surface area (Å²) in [5.41, 5.74) is -1.63. The van der Waals surface area contributed by atoms with Crippen molar-refractivity contribution in [3.05, 3.63) is 87.8 Å². The molecule has 15 heteroatoms. The number of nitrogens with zero attached hydrogens (tertiary/aromatic N) is 3. The summed E-state index contributed by atoms with van der Waals surface area (Å²) in [6, 6.07) is 8.29. The van der Waals surface area contributed by atoms with E-state index < -0.39 is 77.8 Å². The molecular weight excluding hydrogens is 585 g/mol. The van der Waals surface area contributed by atoms with E-state index in [1.54, 1.807) is 0 Å². The second-order valence-electron chi connectivity index (χ2n) is 9.43. The van der Waals surface area contributed by atoms with E-state index in [1.165, 1.54) is 25.4 Å². The van der Waals surface area contributed by atoms with Crippen molar-refractivity contribution in [2.24, 2.45) is 10.9 Å². The Labute approximate surface area is 240 Å². The van der Waals surface area contributed by atoms with Crippen LogP contribution in [0.3, 0.4) is 0 Å². The Morgan fingerprint density at radius 1 is 1.12 bits per heavy atom. The number of aromatic nitrogens is 1. The molecule has 43 heavy (non-hydrogen) atoms. The predicted molar refractivity (Wildman–Crippen MR) is 141 cm³/mol. The number of ether oxygens (including phenoxy) is 2. The number of methoxy groups -OCH3 is 1. The van der Waals surface area contributed by atoms with E-state index in [1.807, 2.05) is 0 Å². The van der Waals surface area contributed by atoms with Gasteiger partial charge in [-0.25, -0.2) is 13.8 Å². The summed E-state index contributed by atoms with van der Waals surface area (Å²) in [6.45, 7) is -1.35. The summed E-state index contributed by atoms with van der Waals surface area (Å²) in [5, 5.41) is 18.9. The van der Waals surface area contributed by atoms with Gasteiger partial charge in [-0.15, -0.1) is 13.2 Å². The molecular formula is C28H24F5N3O7. The molecule has 0 radical (unpaired) electrons. The Morgan fingerprint density at radius 2 is 1.77 bits per heavy atom. The largest absolute Gasteiger partial charge is 0.573 e. The minimum atomic E-state index is -4.94. The third-order valence-electron chi connectivity index (χ3n) is 6.62. The van der Waals surface area contributed by atoms with Crippen molar-refractivity contribution < 1.29 is 51.2 Å². The van der Waals surface area contributed by atoms with Gasteiger partial charge in [-0.3, -0.25) is 14.4 Å². The number of aliphatic hydroxyl groups excluding tert-OH is 2. The number of aliphatic imine (C=N–C) groups is 1. The highest BCUT2D eigenvalue weighted by Crippen LogP contribution is 2.38. The Hall–Kier alpha value is -4.63. The van der Waals surface area contributed by atoms with Crippen molar-refractivity contribution in [2.45, 2.75) is 24.9 Å². The van der Waals surface area contributed by atoms with Crippen molar-refractivity contribution in [3.63, 3.8) is 0 Å². The molecule has 0 aliphatic carbocycles. The Morgan fingerprint density at radius 3 is 2.35 bits per heavy atom. The van der Waals surface area contributed by atoms with Gasteiger partial charge in [-0.1, -0.05) is 0 Å². The summed E-state index contributed by atoms with van der Waals surface area (Å²) in [4.78, 5) is 44.1. The first kappa shape index (κ1) is 31.3. The number of halogens is 5. The average molecular weight is 610 g/mol. The molecule has 2 aromatic carbocycles. The molecule has 0 bridgehead atoms. The van der Waals surface area contributed by atoms with Crippen LogP contribution in [0.15, 0.2) is 64.5 Å². The van der Waals surface area contributed by atoms with Crippen molar-refractivity contribution in [3.8, 4) is 11.5 Å². The van der Waals surface area contributed by atoms with Gasteiger partial charge < -0.3 is 29.2 Å². The fourth-order valence-corrected chi connectivity index (χ4v) is 4.62. The number of amides is 2. The molecule has 1 saturated heterocycles. The van der Waals surface area contributed by atoms with Gasteiger partial charge in [0.25, 0.3) is 11.5 Å². The number of carbonyl (C=O) groups is 2. The quantitative estimate of drug-likeness (QED) is 0.282. The number of hydrogen-bond acceptors (Lipinski definition) is 7. The monoisotopic (exact) mass is 609 g/mol. The maximum atomic E-state index is 15.2. The lowest BCUT2D eigenvalue weighted by molar-refractivity contribution is -0.274. The Kier molecular flexibility index (Phi) is 9.25. The molecule has 3 atom stereocenters. The van der Waals surface area contributed by atoms with Crippen molar-refractivity contribution in [1.29, 1.82) is 0 Å². The van der Waals surface area contributed by atoms with E-state index in [-0.39, 0.29) is 23.5 Å². The first-order valence-electron chi connectivity index (χ1n) is 12.6. The molecule has 1 aliphatic heterocycles. The van der Waals surface area contributed by atoms with E-state index >= 15 is 8.78 Å². The third-order valence-corrected chi connectivity index (χ3v) is 6.62.